The van der Waals surface area contributed by atoms with Crippen LogP contribution in [0, 0.1) is 5.92 Å². The van der Waals surface area contributed by atoms with Gasteiger partial charge in [0.1, 0.15) is 0 Å². The van der Waals surface area contributed by atoms with Crippen LogP contribution in [0.25, 0.3) is 0 Å². The highest BCUT2D eigenvalue weighted by atomic mass is 19.4. The van der Waals surface area contributed by atoms with Crippen LogP contribution in [0.4, 0.5) is 18.9 Å². The number of carboxylic acids is 1. The number of fused-ring (bicyclic) bond motifs is 2. The van der Waals surface area contributed by atoms with Crippen molar-refractivity contribution in [2.45, 2.75) is 63.2 Å². The molecule has 0 amide bonds. The first-order valence-electron chi connectivity index (χ1n) is 10.4. The van der Waals surface area contributed by atoms with Gasteiger partial charge in [0.2, 0.25) is 0 Å². The number of hydrogen-bond donors (Lipinski definition) is 1. The van der Waals surface area contributed by atoms with E-state index in [4.69, 9.17) is 0 Å². The molecular weight excluding hydrogens is 391 g/mol. The maximum Gasteiger partial charge on any atom is 0.416 e. The number of carboxylic acid groups (broad SMARTS) is 1. The van der Waals surface area contributed by atoms with Crippen LogP contribution in [0.3, 0.4) is 0 Å². The molecule has 2 saturated heterocycles. The van der Waals surface area contributed by atoms with Crippen LogP contribution in [0.1, 0.15) is 62.1 Å². The predicted molar refractivity (Wildman–Crippen MR) is 110 cm³/mol. The Labute approximate surface area is 174 Å². The molecule has 2 fully saturated rings. The maximum absolute atomic E-state index is 13.1. The van der Waals surface area contributed by atoms with Crippen LogP contribution in [0.2, 0.25) is 0 Å². The van der Waals surface area contributed by atoms with E-state index in [1.165, 1.54) is 17.7 Å². The van der Waals surface area contributed by atoms with Crippen LogP contribution in [-0.2, 0) is 16.5 Å². The Balaban J connectivity index is 1.78. The molecule has 3 nitrogen and oxygen atoms in total. The van der Waals surface area contributed by atoms with E-state index >= 15 is 0 Å². The molecule has 2 aromatic rings. The molecule has 2 bridgehead atoms. The number of carbonyl (C=O) groups is 1. The van der Waals surface area contributed by atoms with Crippen molar-refractivity contribution in [1.82, 2.24) is 0 Å². The summed E-state index contributed by atoms with van der Waals surface area (Å²) < 4.78 is 39.2. The number of alkyl halides is 3. The van der Waals surface area contributed by atoms with Crippen molar-refractivity contribution in [1.29, 1.82) is 0 Å². The van der Waals surface area contributed by atoms with Crippen molar-refractivity contribution >= 4 is 11.7 Å². The first-order chi connectivity index (χ1) is 14.1. The highest BCUT2D eigenvalue weighted by Gasteiger charge is 2.54. The summed E-state index contributed by atoms with van der Waals surface area (Å²) in [6.07, 6.45) is -1.87. The molecule has 3 atom stereocenters. The second-order valence-corrected chi connectivity index (χ2v) is 8.89. The molecule has 0 radical (unpaired) electrons. The Kier molecular flexibility index (Phi) is 5.07. The fraction of sp³-hybridized carbons (Fsp3) is 0.458. The molecule has 4 rings (SSSR count). The average Bonchev–Trinajstić information content (AvgIpc) is 2.94. The molecule has 2 heterocycles. The van der Waals surface area contributed by atoms with Crippen LogP contribution in [-0.4, -0.2) is 17.1 Å². The minimum absolute atomic E-state index is 0.0621. The molecule has 0 unspecified atom stereocenters. The third-order valence-corrected chi connectivity index (χ3v) is 6.79. The molecule has 2 aliphatic heterocycles. The molecule has 0 spiro atoms. The first kappa shape index (κ1) is 20.8. The third kappa shape index (κ3) is 3.46. The smallest absolute Gasteiger partial charge is 0.416 e. The Morgan fingerprint density at radius 3 is 2.27 bits per heavy atom. The van der Waals surface area contributed by atoms with Crippen molar-refractivity contribution in [2.24, 2.45) is 5.92 Å². The topological polar surface area (TPSA) is 40.5 Å². The molecule has 2 aliphatic rings. The number of hydrogen-bond acceptors (Lipinski definition) is 2. The lowest BCUT2D eigenvalue weighted by molar-refractivity contribution is -0.143. The zero-order valence-corrected chi connectivity index (χ0v) is 17.1. The summed E-state index contributed by atoms with van der Waals surface area (Å²) in [6.45, 7) is 4.25. The van der Waals surface area contributed by atoms with Gasteiger partial charge in [-0.2, -0.15) is 13.2 Å². The van der Waals surface area contributed by atoms with Crippen molar-refractivity contribution in [3.8, 4) is 0 Å². The van der Waals surface area contributed by atoms with E-state index in [2.05, 4.69) is 43.0 Å². The number of rotatable bonds is 4. The average molecular weight is 417 g/mol. The maximum atomic E-state index is 13.1. The van der Waals surface area contributed by atoms with Gasteiger partial charge in [0.15, 0.2) is 0 Å². The Hall–Kier alpha value is -2.50. The van der Waals surface area contributed by atoms with Gasteiger partial charge in [0, 0.05) is 11.7 Å². The Morgan fingerprint density at radius 2 is 1.73 bits per heavy atom. The SMILES string of the molecule is CC(C)c1ccc(N2[C@H]3CC[C@@]2(c2ccc(C(F)(F)F)cc2)C[C@H](C(=O)O)C3)cc1. The first-order valence-corrected chi connectivity index (χ1v) is 10.4. The summed E-state index contributed by atoms with van der Waals surface area (Å²) in [5, 5.41) is 9.70. The van der Waals surface area contributed by atoms with Crippen LogP contribution < -0.4 is 4.90 Å². The standard InChI is InChI=1S/C24H26F3NO2/c1-15(2)16-3-9-20(10-4-16)28-21-11-12-23(28,14-17(13-21)22(29)30)18-5-7-19(8-6-18)24(25,26)27/h3-10,15,17,21H,11-14H2,1-2H3,(H,29,30)/t17-,21+,23+/m1/s1. The fourth-order valence-corrected chi connectivity index (χ4v) is 5.28. The largest absolute Gasteiger partial charge is 0.481 e. The summed E-state index contributed by atoms with van der Waals surface area (Å²) in [5.74, 6) is -0.920. The molecule has 2 aromatic carbocycles. The summed E-state index contributed by atoms with van der Waals surface area (Å²) in [6, 6.07) is 13.7. The molecule has 0 aliphatic carbocycles. The van der Waals surface area contributed by atoms with E-state index in [0.29, 0.717) is 18.8 Å². The number of anilines is 1. The van der Waals surface area contributed by atoms with E-state index in [1.807, 2.05) is 0 Å². The zero-order chi connectivity index (χ0) is 21.7. The van der Waals surface area contributed by atoms with Crippen molar-refractivity contribution in [2.75, 3.05) is 4.90 Å². The molecule has 160 valence electrons. The van der Waals surface area contributed by atoms with Gasteiger partial charge in [-0.05, 0) is 67.0 Å². The summed E-state index contributed by atoms with van der Waals surface area (Å²) in [5.41, 5.74) is 1.70. The number of halogens is 3. The van der Waals surface area contributed by atoms with Crippen molar-refractivity contribution in [3.63, 3.8) is 0 Å². The van der Waals surface area contributed by atoms with E-state index < -0.39 is 29.2 Å². The normalized spacial score (nSPS) is 26.3. The molecule has 0 saturated carbocycles. The molecule has 1 N–H and O–H groups in total. The van der Waals surface area contributed by atoms with Crippen LogP contribution >= 0.6 is 0 Å². The molecule has 0 aromatic heterocycles. The quantitative estimate of drug-likeness (QED) is 0.645. The van der Waals surface area contributed by atoms with Gasteiger partial charge in [-0.25, -0.2) is 0 Å². The van der Waals surface area contributed by atoms with E-state index in [9.17, 15) is 23.1 Å². The second-order valence-electron chi connectivity index (χ2n) is 8.89. The number of aliphatic carboxylic acids is 1. The summed E-state index contributed by atoms with van der Waals surface area (Å²) >= 11 is 0. The Morgan fingerprint density at radius 1 is 1.10 bits per heavy atom. The van der Waals surface area contributed by atoms with E-state index in [1.54, 1.807) is 0 Å². The van der Waals surface area contributed by atoms with Crippen molar-refractivity contribution < 1.29 is 23.1 Å². The van der Waals surface area contributed by atoms with Gasteiger partial charge >= 0.3 is 12.1 Å². The number of benzene rings is 2. The third-order valence-electron chi connectivity index (χ3n) is 6.79. The van der Waals surface area contributed by atoms with E-state index in [-0.39, 0.29) is 6.04 Å². The summed E-state index contributed by atoms with van der Waals surface area (Å²) in [4.78, 5) is 14.1. The van der Waals surface area contributed by atoms with Gasteiger partial charge in [0.25, 0.3) is 0 Å². The molecule has 30 heavy (non-hydrogen) atoms. The lowest BCUT2D eigenvalue weighted by Crippen LogP contribution is -2.52. The monoisotopic (exact) mass is 417 g/mol. The fourth-order valence-electron chi connectivity index (χ4n) is 5.28. The lowest BCUT2D eigenvalue weighted by Gasteiger charge is -2.49. The number of nitrogens with zero attached hydrogens (tertiary/aromatic N) is 1. The van der Waals surface area contributed by atoms with E-state index in [0.717, 1.165) is 36.2 Å². The highest BCUT2D eigenvalue weighted by Crippen LogP contribution is 2.54. The van der Waals surface area contributed by atoms with Gasteiger partial charge in [0.05, 0.1) is 17.0 Å². The van der Waals surface area contributed by atoms with Gasteiger partial charge < -0.3 is 10.0 Å². The zero-order valence-electron chi connectivity index (χ0n) is 17.1. The molecule has 6 heteroatoms. The highest BCUT2D eigenvalue weighted by molar-refractivity contribution is 5.72. The van der Waals surface area contributed by atoms with Crippen molar-refractivity contribution in [3.05, 3.63) is 65.2 Å². The lowest BCUT2D eigenvalue weighted by atomic mass is 9.76. The summed E-state index contributed by atoms with van der Waals surface area (Å²) in [7, 11) is 0. The predicted octanol–water partition coefficient (Wildman–Crippen LogP) is 6.19. The van der Waals surface area contributed by atoms with Crippen LogP contribution in [0.5, 0.6) is 0 Å². The van der Waals surface area contributed by atoms with Crippen LogP contribution in [0.15, 0.2) is 48.5 Å². The second kappa shape index (κ2) is 7.33. The van der Waals surface area contributed by atoms with Gasteiger partial charge in [-0.3, -0.25) is 4.79 Å². The van der Waals surface area contributed by atoms with Gasteiger partial charge in [-0.1, -0.05) is 38.1 Å². The molecular formula is C24H26F3NO2. The van der Waals surface area contributed by atoms with Gasteiger partial charge in [-0.15, -0.1) is 0 Å². The Bertz CT molecular complexity index is 921. The minimum Gasteiger partial charge on any atom is -0.481 e. The minimum atomic E-state index is -4.39. The number of piperidine rings is 1.